The van der Waals surface area contributed by atoms with Crippen LogP contribution in [0.2, 0.25) is 0 Å². The third kappa shape index (κ3) is 8.61. The van der Waals surface area contributed by atoms with E-state index in [-0.39, 0.29) is 61.4 Å². The molecule has 0 aliphatic heterocycles. The van der Waals surface area contributed by atoms with Crippen LogP contribution in [0, 0.1) is 5.92 Å². The molecule has 0 aromatic rings. The summed E-state index contributed by atoms with van der Waals surface area (Å²) in [6.07, 6.45) is 0.670. The van der Waals surface area contributed by atoms with Crippen molar-refractivity contribution in [3.8, 4) is 0 Å². The van der Waals surface area contributed by atoms with Gasteiger partial charge in [-0.15, -0.1) is 0 Å². The molecule has 0 aromatic heterocycles. The Morgan fingerprint density at radius 1 is 0.944 bits per heavy atom. The lowest BCUT2D eigenvalue weighted by molar-refractivity contribution is -0.128. The van der Waals surface area contributed by atoms with Gasteiger partial charge >= 0.3 is 0 Å². The van der Waals surface area contributed by atoms with Gasteiger partial charge in [-0.1, -0.05) is 13.8 Å². The topological polar surface area (TPSA) is 80.3 Å². The first-order valence-electron chi connectivity index (χ1n) is 6.13. The molecule has 0 aliphatic rings. The number of hydrogen-bond acceptors (Lipinski definition) is 4. The lowest BCUT2D eigenvalue weighted by atomic mass is 10.0. The van der Waals surface area contributed by atoms with E-state index in [9.17, 15) is 19.2 Å². The highest BCUT2D eigenvalue weighted by Crippen LogP contribution is 2.01. The molecule has 0 bridgehead atoms. The molecule has 0 radical (unpaired) electrons. The number of carbonyl (C=O) groups excluding carboxylic acids is 4. The van der Waals surface area contributed by atoms with E-state index in [1.807, 2.05) is 0 Å². The molecule has 18 heavy (non-hydrogen) atoms. The van der Waals surface area contributed by atoms with Gasteiger partial charge in [0.2, 0.25) is 5.91 Å². The first-order valence-corrected chi connectivity index (χ1v) is 6.13. The lowest BCUT2D eigenvalue weighted by Crippen LogP contribution is -2.30. The van der Waals surface area contributed by atoms with Crippen molar-refractivity contribution in [1.82, 2.24) is 5.32 Å². The molecule has 0 heterocycles. The molecule has 0 aromatic carbocycles. The van der Waals surface area contributed by atoms with Gasteiger partial charge < -0.3 is 10.1 Å². The zero-order valence-corrected chi connectivity index (χ0v) is 11.2. The Bertz CT molecular complexity index is 334. The summed E-state index contributed by atoms with van der Waals surface area (Å²) in [5.74, 6) is -0.561. The minimum Gasteiger partial charge on any atom is -0.349 e. The number of rotatable bonds is 9. The van der Waals surface area contributed by atoms with Gasteiger partial charge in [-0.2, -0.15) is 0 Å². The molecule has 0 atom stereocenters. The number of ketones is 3. The summed E-state index contributed by atoms with van der Waals surface area (Å²) in [5, 5.41) is 2.45. The predicted molar refractivity (Wildman–Crippen MR) is 67.0 cm³/mol. The van der Waals surface area contributed by atoms with E-state index in [1.54, 1.807) is 13.8 Å². The first kappa shape index (κ1) is 16.5. The Kier molecular flexibility index (Phi) is 7.83. The van der Waals surface area contributed by atoms with Gasteiger partial charge in [-0.25, -0.2) is 0 Å². The largest absolute Gasteiger partial charge is 0.349 e. The van der Waals surface area contributed by atoms with Gasteiger partial charge in [0.25, 0.3) is 0 Å². The van der Waals surface area contributed by atoms with E-state index in [2.05, 4.69) is 5.32 Å². The summed E-state index contributed by atoms with van der Waals surface area (Å²) in [4.78, 5) is 44.5. The smallest absolute Gasteiger partial charge is 0.220 e. The molecule has 0 aliphatic carbocycles. The van der Waals surface area contributed by atoms with Gasteiger partial charge in [0, 0.05) is 31.6 Å². The van der Waals surface area contributed by atoms with Crippen molar-refractivity contribution in [2.24, 2.45) is 5.92 Å². The van der Waals surface area contributed by atoms with E-state index in [0.717, 1.165) is 0 Å². The predicted octanol–water partition coefficient (Wildman–Crippen LogP) is 1.05. The molecular weight excluding hydrogens is 234 g/mol. The van der Waals surface area contributed by atoms with Gasteiger partial charge in [-0.3, -0.25) is 14.4 Å². The normalized spacial score (nSPS) is 10.2. The van der Waals surface area contributed by atoms with E-state index in [4.69, 9.17) is 0 Å². The van der Waals surface area contributed by atoms with Crippen molar-refractivity contribution in [2.45, 2.75) is 46.5 Å². The first-order chi connectivity index (χ1) is 8.32. The summed E-state index contributed by atoms with van der Waals surface area (Å²) < 4.78 is 0. The summed E-state index contributed by atoms with van der Waals surface area (Å²) in [6, 6.07) is 0. The highest BCUT2D eigenvalue weighted by molar-refractivity contribution is 5.90. The van der Waals surface area contributed by atoms with Gasteiger partial charge in [0.05, 0.1) is 6.54 Å². The Morgan fingerprint density at radius 2 is 1.56 bits per heavy atom. The molecule has 0 saturated heterocycles. The fourth-order valence-electron chi connectivity index (χ4n) is 1.21. The van der Waals surface area contributed by atoms with Crippen LogP contribution in [0.4, 0.5) is 0 Å². The highest BCUT2D eigenvalue weighted by atomic mass is 16.2. The second-order valence-electron chi connectivity index (χ2n) is 4.64. The zero-order valence-electron chi connectivity index (χ0n) is 11.2. The fraction of sp³-hybridized carbons (Fsp3) is 0.692. The van der Waals surface area contributed by atoms with Crippen LogP contribution in [0.1, 0.15) is 46.5 Å². The minimum atomic E-state index is -0.305. The minimum absolute atomic E-state index is 0.0352. The van der Waals surface area contributed by atoms with Crippen molar-refractivity contribution in [1.29, 1.82) is 0 Å². The number of hydrogen-bond donors (Lipinski definition) is 1. The molecule has 0 unspecified atom stereocenters. The maximum atomic E-state index is 11.3. The van der Waals surface area contributed by atoms with Crippen LogP contribution in [0.15, 0.2) is 0 Å². The number of nitrogens with one attached hydrogen (secondary N) is 1. The van der Waals surface area contributed by atoms with Crippen LogP contribution >= 0.6 is 0 Å². The monoisotopic (exact) mass is 255 g/mol. The SMILES string of the molecule is CC(=O)CCC(=O)CNC(=O)CCC(=O)C(C)C. The van der Waals surface area contributed by atoms with Crippen molar-refractivity contribution >= 4 is 23.3 Å². The number of Topliss-reactive ketones (excluding diaryl/α,β-unsaturated/α-hetero) is 3. The maximum Gasteiger partial charge on any atom is 0.220 e. The highest BCUT2D eigenvalue weighted by Gasteiger charge is 2.11. The Morgan fingerprint density at radius 3 is 2.06 bits per heavy atom. The third-order valence-corrected chi connectivity index (χ3v) is 2.48. The molecule has 5 nitrogen and oxygen atoms in total. The van der Waals surface area contributed by atoms with Crippen LogP contribution in [-0.4, -0.2) is 29.8 Å². The van der Waals surface area contributed by atoms with Crippen LogP contribution in [0.5, 0.6) is 0 Å². The number of amides is 1. The summed E-state index contributed by atoms with van der Waals surface area (Å²) in [5.41, 5.74) is 0. The van der Waals surface area contributed by atoms with Gasteiger partial charge in [-0.05, 0) is 6.92 Å². The van der Waals surface area contributed by atoms with Crippen molar-refractivity contribution in [3.63, 3.8) is 0 Å². The van der Waals surface area contributed by atoms with E-state index in [0.29, 0.717) is 0 Å². The summed E-state index contributed by atoms with van der Waals surface area (Å²) in [6.45, 7) is 4.92. The van der Waals surface area contributed by atoms with Gasteiger partial charge in [0.15, 0.2) is 5.78 Å². The number of carbonyl (C=O) groups is 4. The maximum absolute atomic E-state index is 11.3. The zero-order chi connectivity index (χ0) is 14.1. The second kappa shape index (κ2) is 8.55. The second-order valence-corrected chi connectivity index (χ2v) is 4.64. The Labute approximate surface area is 107 Å². The van der Waals surface area contributed by atoms with Crippen molar-refractivity contribution < 1.29 is 19.2 Å². The molecule has 0 saturated carbocycles. The van der Waals surface area contributed by atoms with Crippen molar-refractivity contribution in [2.75, 3.05) is 6.54 Å². The van der Waals surface area contributed by atoms with Gasteiger partial charge in [0.1, 0.15) is 11.6 Å². The summed E-state index contributed by atoms with van der Waals surface area (Å²) in [7, 11) is 0. The van der Waals surface area contributed by atoms with Crippen molar-refractivity contribution in [3.05, 3.63) is 0 Å². The van der Waals surface area contributed by atoms with Crippen LogP contribution in [0.3, 0.4) is 0 Å². The third-order valence-electron chi connectivity index (χ3n) is 2.48. The molecule has 1 N–H and O–H groups in total. The van der Waals surface area contributed by atoms with E-state index >= 15 is 0 Å². The molecule has 5 heteroatoms. The average molecular weight is 255 g/mol. The lowest BCUT2D eigenvalue weighted by Gasteiger charge is -2.05. The van der Waals surface area contributed by atoms with E-state index < -0.39 is 0 Å². The van der Waals surface area contributed by atoms with Crippen LogP contribution in [-0.2, 0) is 19.2 Å². The van der Waals surface area contributed by atoms with E-state index in [1.165, 1.54) is 6.92 Å². The molecular formula is C13H21NO4. The van der Waals surface area contributed by atoms with Crippen LogP contribution < -0.4 is 5.32 Å². The molecule has 0 spiro atoms. The molecule has 0 rings (SSSR count). The molecule has 1 amide bonds. The average Bonchev–Trinajstić information content (AvgIpc) is 2.30. The molecule has 0 fully saturated rings. The fourth-order valence-corrected chi connectivity index (χ4v) is 1.21. The Hall–Kier alpha value is -1.52. The quantitative estimate of drug-likeness (QED) is 0.667. The molecule has 102 valence electrons. The Balaban J connectivity index is 3.73. The standard InChI is InChI=1S/C13H21NO4/c1-9(2)12(17)6-7-13(18)14-8-11(16)5-4-10(3)15/h9H,4-8H2,1-3H3,(H,14,18). The van der Waals surface area contributed by atoms with Crippen LogP contribution in [0.25, 0.3) is 0 Å². The summed E-state index contributed by atoms with van der Waals surface area (Å²) >= 11 is 0.